The lowest BCUT2D eigenvalue weighted by Crippen LogP contribution is -2.29. The molecular weight excluding hydrogens is 456 g/mol. The Hall–Kier alpha value is -3.47. The van der Waals surface area contributed by atoms with Gasteiger partial charge in [-0.25, -0.2) is 4.79 Å². The molecule has 0 saturated carbocycles. The fourth-order valence-corrected chi connectivity index (χ4v) is 5.35. The number of carbonyl (C=O) groups is 2. The molecule has 34 heavy (non-hydrogen) atoms. The molecule has 2 amide bonds. The zero-order valence-electron chi connectivity index (χ0n) is 18.9. The van der Waals surface area contributed by atoms with Gasteiger partial charge in [0.1, 0.15) is 17.6 Å². The van der Waals surface area contributed by atoms with Gasteiger partial charge in [-0.15, -0.1) is 11.3 Å². The van der Waals surface area contributed by atoms with Crippen LogP contribution in [0.2, 0.25) is 0 Å². The SMILES string of the molecule is CNC(=O)n1c(C)cc2cc(Oc3ccnc4cc(C(=O)N5CC(O)C(OC)C5)sc34)ccc21. The number of aliphatic hydroxyl groups is 1. The molecular formula is C24H24N4O5S. The number of likely N-dealkylation sites (tertiary alicyclic amines) is 1. The minimum atomic E-state index is -0.697. The maximum atomic E-state index is 13.0. The highest BCUT2D eigenvalue weighted by Gasteiger charge is 2.35. The number of fused-ring (bicyclic) bond motifs is 2. The van der Waals surface area contributed by atoms with E-state index in [2.05, 4.69) is 10.3 Å². The molecule has 9 nitrogen and oxygen atoms in total. The first kappa shape index (κ1) is 22.3. The number of hydrogen-bond acceptors (Lipinski definition) is 7. The Morgan fingerprint density at radius 3 is 2.76 bits per heavy atom. The molecule has 2 atom stereocenters. The van der Waals surface area contributed by atoms with Gasteiger partial charge in [-0.3, -0.25) is 14.3 Å². The van der Waals surface area contributed by atoms with E-state index >= 15 is 0 Å². The molecule has 0 bridgehead atoms. The van der Waals surface area contributed by atoms with Crippen molar-refractivity contribution >= 4 is 44.4 Å². The molecule has 5 rings (SSSR count). The summed E-state index contributed by atoms with van der Waals surface area (Å²) in [6, 6.07) is 10.8. The van der Waals surface area contributed by atoms with E-state index in [-0.39, 0.29) is 24.6 Å². The lowest BCUT2D eigenvalue weighted by atomic mass is 10.2. The molecule has 1 aliphatic heterocycles. The Balaban J connectivity index is 1.44. The highest BCUT2D eigenvalue weighted by Crippen LogP contribution is 2.36. The van der Waals surface area contributed by atoms with Crippen molar-refractivity contribution in [1.82, 2.24) is 19.8 Å². The maximum Gasteiger partial charge on any atom is 0.325 e. The number of pyridine rings is 1. The molecule has 176 valence electrons. The van der Waals surface area contributed by atoms with Crippen molar-refractivity contribution in [1.29, 1.82) is 0 Å². The van der Waals surface area contributed by atoms with Gasteiger partial charge < -0.3 is 24.8 Å². The zero-order valence-corrected chi connectivity index (χ0v) is 19.8. The first-order chi connectivity index (χ1) is 16.4. The topological polar surface area (TPSA) is 106 Å². The predicted octanol–water partition coefficient (Wildman–Crippen LogP) is 3.37. The Morgan fingerprint density at radius 1 is 1.21 bits per heavy atom. The summed E-state index contributed by atoms with van der Waals surface area (Å²) >= 11 is 1.31. The van der Waals surface area contributed by atoms with Gasteiger partial charge >= 0.3 is 6.03 Å². The van der Waals surface area contributed by atoms with Crippen molar-refractivity contribution in [3.8, 4) is 11.5 Å². The molecule has 3 aromatic heterocycles. The molecule has 1 saturated heterocycles. The van der Waals surface area contributed by atoms with Gasteiger partial charge in [0.15, 0.2) is 0 Å². The standard InChI is InChI=1S/C24H24N4O5S/c1-13-8-14-9-15(4-5-17(14)28(13)24(31)25-2)33-19-6-7-26-16-10-21(34-22(16)19)23(30)27-11-18(29)20(12-27)32-3/h4-10,18,20,29H,11-12H2,1-3H3,(H,25,31). The summed E-state index contributed by atoms with van der Waals surface area (Å²) in [5.74, 6) is 1.04. The molecule has 4 aromatic rings. The highest BCUT2D eigenvalue weighted by atomic mass is 32.1. The third-order valence-corrected chi connectivity index (χ3v) is 7.14. The number of aliphatic hydroxyl groups excluding tert-OH is 1. The lowest BCUT2D eigenvalue weighted by molar-refractivity contribution is 0.0215. The summed E-state index contributed by atoms with van der Waals surface area (Å²) in [5.41, 5.74) is 2.27. The summed E-state index contributed by atoms with van der Waals surface area (Å²) in [4.78, 5) is 31.7. The quantitative estimate of drug-likeness (QED) is 0.464. The highest BCUT2D eigenvalue weighted by molar-refractivity contribution is 7.21. The monoisotopic (exact) mass is 480 g/mol. The van der Waals surface area contributed by atoms with Crippen molar-refractivity contribution in [2.75, 3.05) is 27.2 Å². The zero-order chi connectivity index (χ0) is 24.0. The second-order valence-electron chi connectivity index (χ2n) is 8.18. The van der Waals surface area contributed by atoms with Crippen LogP contribution in [-0.2, 0) is 4.74 Å². The Kier molecular flexibility index (Phi) is 5.72. The number of amides is 2. The molecule has 1 aromatic carbocycles. The average Bonchev–Trinajstić information content (AvgIpc) is 3.52. The van der Waals surface area contributed by atoms with E-state index in [0.717, 1.165) is 21.3 Å². The van der Waals surface area contributed by atoms with Crippen molar-refractivity contribution < 1.29 is 24.2 Å². The summed E-state index contributed by atoms with van der Waals surface area (Å²) < 4.78 is 13.8. The number of aromatic nitrogens is 2. The van der Waals surface area contributed by atoms with Crippen molar-refractivity contribution in [3.05, 3.63) is 53.2 Å². The van der Waals surface area contributed by atoms with E-state index in [1.807, 2.05) is 31.2 Å². The van der Waals surface area contributed by atoms with E-state index < -0.39 is 6.10 Å². The molecule has 0 spiro atoms. The Morgan fingerprint density at radius 2 is 2.03 bits per heavy atom. The van der Waals surface area contributed by atoms with Gasteiger partial charge in [-0.05, 0) is 37.3 Å². The van der Waals surface area contributed by atoms with E-state index in [9.17, 15) is 14.7 Å². The first-order valence-electron chi connectivity index (χ1n) is 10.8. The van der Waals surface area contributed by atoms with Crippen molar-refractivity contribution in [3.63, 3.8) is 0 Å². The van der Waals surface area contributed by atoms with Gasteiger partial charge in [0.2, 0.25) is 0 Å². The third kappa shape index (κ3) is 3.79. The number of hydrogen-bond donors (Lipinski definition) is 2. The number of rotatable bonds is 4. The largest absolute Gasteiger partial charge is 0.456 e. The summed E-state index contributed by atoms with van der Waals surface area (Å²) in [5, 5.41) is 13.6. The number of carbonyl (C=O) groups excluding carboxylic acids is 2. The Labute approximate surface area is 199 Å². The van der Waals surface area contributed by atoms with Crippen LogP contribution in [0.5, 0.6) is 11.5 Å². The summed E-state index contributed by atoms with van der Waals surface area (Å²) in [6.45, 7) is 2.45. The predicted molar refractivity (Wildman–Crippen MR) is 129 cm³/mol. The van der Waals surface area contributed by atoms with Gasteiger partial charge in [-0.1, -0.05) is 0 Å². The third-order valence-electron chi connectivity index (χ3n) is 6.02. The van der Waals surface area contributed by atoms with Gasteiger partial charge in [0.25, 0.3) is 5.91 Å². The van der Waals surface area contributed by atoms with E-state index in [1.54, 1.807) is 34.8 Å². The van der Waals surface area contributed by atoms with Crippen LogP contribution in [0.15, 0.2) is 42.6 Å². The first-order valence-corrected chi connectivity index (χ1v) is 11.6. The number of benzene rings is 1. The van der Waals surface area contributed by atoms with Crippen LogP contribution >= 0.6 is 11.3 Å². The molecule has 4 heterocycles. The minimum absolute atomic E-state index is 0.167. The van der Waals surface area contributed by atoms with Crippen molar-refractivity contribution in [2.45, 2.75) is 19.1 Å². The summed E-state index contributed by atoms with van der Waals surface area (Å²) in [7, 11) is 3.13. The number of methoxy groups -OCH3 is 1. The van der Waals surface area contributed by atoms with Crippen molar-refractivity contribution in [2.24, 2.45) is 0 Å². The normalized spacial score (nSPS) is 18.1. The second-order valence-corrected chi connectivity index (χ2v) is 9.24. The van der Waals surface area contributed by atoms with E-state index in [1.165, 1.54) is 18.4 Å². The van der Waals surface area contributed by atoms with Crippen LogP contribution in [0, 0.1) is 6.92 Å². The number of ether oxygens (including phenoxy) is 2. The van der Waals surface area contributed by atoms with E-state index in [4.69, 9.17) is 9.47 Å². The smallest absolute Gasteiger partial charge is 0.325 e. The number of nitrogens with one attached hydrogen (secondary N) is 1. The molecule has 10 heteroatoms. The van der Waals surface area contributed by atoms with Crippen LogP contribution < -0.4 is 10.1 Å². The fourth-order valence-electron chi connectivity index (χ4n) is 4.31. The molecule has 0 aliphatic carbocycles. The second kappa shape index (κ2) is 8.71. The fraction of sp³-hybridized carbons (Fsp3) is 0.292. The van der Waals surface area contributed by atoms with Crippen LogP contribution in [0.4, 0.5) is 4.79 Å². The number of nitrogens with zero attached hydrogens (tertiary/aromatic N) is 3. The molecule has 1 fully saturated rings. The number of thiophene rings is 1. The van der Waals surface area contributed by atoms with E-state index in [0.29, 0.717) is 28.4 Å². The van der Waals surface area contributed by atoms with Gasteiger partial charge in [0.05, 0.1) is 26.7 Å². The van der Waals surface area contributed by atoms with Gasteiger partial charge in [0, 0.05) is 50.6 Å². The number of β-amino-alcohol motifs (C(OH)–C–C–N with tert-alkyl or cyclic N) is 1. The summed E-state index contributed by atoms with van der Waals surface area (Å²) in [6.07, 6.45) is 0.563. The van der Waals surface area contributed by atoms with Crippen LogP contribution in [0.25, 0.3) is 21.1 Å². The molecule has 0 radical (unpaired) electrons. The Bertz CT molecular complexity index is 1410. The average molecular weight is 481 g/mol. The minimum Gasteiger partial charge on any atom is -0.456 e. The lowest BCUT2D eigenvalue weighted by Gasteiger charge is -2.14. The number of aryl methyl sites for hydroxylation is 1. The van der Waals surface area contributed by atoms with Crippen LogP contribution in [0.3, 0.4) is 0 Å². The van der Waals surface area contributed by atoms with Gasteiger partial charge in [-0.2, -0.15) is 0 Å². The molecule has 2 unspecified atom stereocenters. The maximum absolute atomic E-state index is 13.0. The van der Waals surface area contributed by atoms with Crippen LogP contribution in [-0.4, -0.2) is 71.0 Å². The molecule has 1 aliphatic rings. The van der Waals surface area contributed by atoms with Crippen LogP contribution in [0.1, 0.15) is 15.4 Å². The molecule has 2 N–H and O–H groups in total.